The number of carbonyl (C=O) groups is 2. The van der Waals surface area contributed by atoms with E-state index < -0.39 is 12.2 Å². The number of allylic oxidation sites excluding steroid dienone is 2. The van der Waals surface area contributed by atoms with Gasteiger partial charge in [0.25, 0.3) is 0 Å². The number of aliphatic hydroxyl groups is 2. The predicted molar refractivity (Wildman–Crippen MR) is 193 cm³/mol. The molecule has 4 saturated carbocycles. The molecule has 0 aromatic heterocycles. The molecule has 48 heavy (non-hydrogen) atoms. The van der Waals surface area contributed by atoms with Crippen molar-refractivity contribution >= 4 is 11.9 Å². The van der Waals surface area contributed by atoms with E-state index >= 15 is 0 Å². The lowest BCUT2D eigenvalue weighted by Crippen LogP contribution is -2.67. The molecule has 3 N–H and O–H groups in total. The minimum absolute atomic E-state index is 0.0254. The molecule has 274 valence electrons. The second kappa shape index (κ2) is 14.0. The Morgan fingerprint density at radius 1 is 0.812 bits per heavy atom. The van der Waals surface area contributed by atoms with Crippen LogP contribution in [0.5, 0.6) is 0 Å². The van der Waals surface area contributed by atoms with Crippen LogP contribution in [-0.2, 0) is 14.3 Å². The first-order valence-corrected chi connectivity index (χ1v) is 19.9. The number of nitrogens with one attached hydrogen (secondary N) is 1. The average molecular weight is 670 g/mol. The highest BCUT2D eigenvalue weighted by Gasteiger charge is 2.69. The molecular weight excluding hydrogens is 598 g/mol. The van der Waals surface area contributed by atoms with Gasteiger partial charge in [0.05, 0.1) is 24.7 Å². The average Bonchev–Trinajstić information content (AvgIpc) is 3.02. The van der Waals surface area contributed by atoms with Gasteiger partial charge in [0, 0.05) is 13.0 Å². The SMILES string of the molecule is COC(=O)CCCCCCCCCCNC(=O)[C@]12CCC(C)(C)C[C@H]1C1=CC[C@@H]3[C@@]4(C)C[C@@H](O)[C@H](O)C(C)(C)[C@@H]4CC[C@@]3(C)[C@]1(C)CC2. The lowest BCUT2D eigenvalue weighted by atomic mass is 9.33. The van der Waals surface area contributed by atoms with Crippen LogP contribution in [0, 0.1) is 50.2 Å². The number of methoxy groups -OCH3 is 1. The van der Waals surface area contributed by atoms with Crippen LogP contribution in [0.4, 0.5) is 0 Å². The fraction of sp³-hybridized carbons (Fsp3) is 0.905. The largest absolute Gasteiger partial charge is 0.469 e. The third-order valence-corrected chi connectivity index (χ3v) is 15.8. The summed E-state index contributed by atoms with van der Waals surface area (Å²) < 4.78 is 4.72. The van der Waals surface area contributed by atoms with Crippen molar-refractivity contribution in [1.82, 2.24) is 5.32 Å². The Balaban J connectivity index is 1.25. The highest BCUT2D eigenvalue weighted by atomic mass is 16.5. The standard InChI is InChI=1S/C42H71NO5/c1-37(2)22-24-42(36(47)43-26-16-14-12-10-9-11-13-15-17-34(45)48-8)25-23-40(6)29(30(42)27-37)18-19-33-39(5)28-31(44)35(46)38(3,4)32(39)20-21-41(33,40)7/h18,30-33,35,44,46H,9-17,19-28H2,1-8H3,(H,43,47)/t30-,31+,32-,33+,35-,39-,40+,41+,42-/m0/s1. The smallest absolute Gasteiger partial charge is 0.305 e. The van der Waals surface area contributed by atoms with E-state index in [4.69, 9.17) is 4.74 Å². The van der Waals surface area contributed by atoms with E-state index in [1.54, 1.807) is 5.57 Å². The molecular formula is C42H71NO5. The Morgan fingerprint density at radius 3 is 2.10 bits per heavy atom. The van der Waals surface area contributed by atoms with E-state index in [1.165, 1.54) is 32.8 Å². The van der Waals surface area contributed by atoms with Crippen LogP contribution in [0.25, 0.3) is 0 Å². The molecule has 0 saturated heterocycles. The molecule has 5 aliphatic carbocycles. The monoisotopic (exact) mass is 670 g/mol. The molecule has 0 bridgehead atoms. The lowest BCUT2D eigenvalue weighted by Gasteiger charge is -2.71. The Labute approximate surface area is 293 Å². The number of carbonyl (C=O) groups excluding carboxylic acids is 2. The third-order valence-electron chi connectivity index (χ3n) is 15.8. The van der Waals surface area contributed by atoms with Gasteiger partial charge in [-0.25, -0.2) is 0 Å². The van der Waals surface area contributed by atoms with Crippen molar-refractivity contribution in [3.8, 4) is 0 Å². The van der Waals surface area contributed by atoms with Crippen molar-refractivity contribution in [3.05, 3.63) is 11.6 Å². The van der Waals surface area contributed by atoms with Crippen LogP contribution in [0.1, 0.15) is 164 Å². The van der Waals surface area contributed by atoms with Crippen LogP contribution in [-0.4, -0.2) is 48.0 Å². The maximum absolute atomic E-state index is 14.4. The molecule has 0 heterocycles. The van der Waals surface area contributed by atoms with Crippen LogP contribution in [0.3, 0.4) is 0 Å². The zero-order chi connectivity index (χ0) is 35.2. The van der Waals surface area contributed by atoms with Crippen LogP contribution in [0.15, 0.2) is 11.6 Å². The van der Waals surface area contributed by atoms with Gasteiger partial charge in [-0.3, -0.25) is 9.59 Å². The second-order valence-corrected chi connectivity index (χ2v) is 19.3. The molecule has 0 aromatic carbocycles. The van der Waals surface area contributed by atoms with E-state index in [-0.39, 0.29) is 44.4 Å². The molecule has 5 aliphatic rings. The zero-order valence-electron chi connectivity index (χ0n) is 32.0. The minimum Gasteiger partial charge on any atom is -0.469 e. The third kappa shape index (κ3) is 6.46. The molecule has 0 unspecified atom stereocenters. The van der Waals surface area contributed by atoms with Crippen molar-refractivity contribution in [1.29, 1.82) is 0 Å². The molecule has 4 fully saturated rings. The number of hydrogen-bond donors (Lipinski definition) is 3. The number of ether oxygens (including phenoxy) is 1. The molecule has 0 radical (unpaired) electrons. The van der Waals surface area contributed by atoms with Gasteiger partial charge >= 0.3 is 5.97 Å². The molecule has 9 atom stereocenters. The molecule has 6 heteroatoms. The van der Waals surface area contributed by atoms with Crippen molar-refractivity contribution in [2.75, 3.05) is 13.7 Å². The van der Waals surface area contributed by atoms with E-state index in [2.05, 4.69) is 59.9 Å². The summed E-state index contributed by atoms with van der Waals surface area (Å²) in [7, 11) is 1.45. The van der Waals surface area contributed by atoms with E-state index in [9.17, 15) is 19.8 Å². The van der Waals surface area contributed by atoms with Gasteiger partial charge in [-0.05, 0) is 115 Å². The van der Waals surface area contributed by atoms with Gasteiger partial charge in [0.1, 0.15) is 0 Å². The molecule has 0 aromatic rings. The Hall–Kier alpha value is -1.40. The quantitative estimate of drug-likeness (QED) is 0.110. The van der Waals surface area contributed by atoms with E-state index in [1.807, 2.05) is 0 Å². The first kappa shape index (κ1) is 37.8. The van der Waals surface area contributed by atoms with Gasteiger partial charge < -0.3 is 20.3 Å². The van der Waals surface area contributed by atoms with Gasteiger partial charge in [-0.1, -0.05) is 98.6 Å². The minimum atomic E-state index is -0.673. The highest BCUT2D eigenvalue weighted by Crippen LogP contribution is 2.75. The maximum atomic E-state index is 14.4. The summed E-state index contributed by atoms with van der Waals surface area (Å²) in [6.07, 6.45) is 20.0. The number of hydrogen-bond acceptors (Lipinski definition) is 5. The van der Waals surface area contributed by atoms with Crippen LogP contribution >= 0.6 is 0 Å². The van der Waals surface area contributed by atoms with Crippen LogP contribution in [0.2, 0.25) is 0 Å². The van der Waals surface area contributed by atoms with Crippen LogP contribution < -0.4 is 5.32 Å². The summed E-state index contributed by atoms with van der Waals surface area (Å²) in [5.74, 6) is 1.34. The second-order valence-electron chi connectivity index (χ2n) is 19.3. The van der Waals surface area contributed by atoms with Gasteiger partial charge in [0.15, 0.2) is 0 Å². The number of unbranched alkanes of at least 4 members (excludes halogenated alkanes) is 7. The summed E-state index contributed by atoms with van der Waals surface area (Å²) >= 11 is 0. The summed E-state index contributed by atoms with van der Waals surface area (Å²) in [6, 6.07) is 0. The number of amides is 1. The first-order valence-electron chi connectivity index (χ1n) is 19.9. The Kier molecular flexibility index (Phi) is 11.0. The van der Waals surface area contributed by atoms with Crippen molar-refractivity contribution in [2.45, 2.75) is 176 Å². The zero-order valence-corrected chi connectivity index (χ0v) is 32.0. The summed E-state index contributed by atoms with van der Waals surface area (Å²) in [5.41, 5.74) is 1.31. The molecule has 5 rings (SSSR count). The summed E-state index contributed by atoms with van der Waals surface area (Å²) in [4.78, 5) is 25.6. The predicted octanol–water partition coefficient (Wildman–Crippen LogP) is 8.92. The highest BCUT2D eigenvalue weighted by molar-refractivity contribution is 5.84. The summed E-state index contributed by atoms with van der Waals surface area (Å²) in [5, 5.41) is 25.7. The summed E-state index contributed by atoms with van der Waals surface area (Å²) in [6.45, 7) is 17.5. The van der Waals surface area contributed by atoms with Crippen molar-refractivity contribution in [2.24, 2.45) is 50.2 Å². The maximum Gasteiger partial charge on any atom is 0.305 e. The van der Waals surface area contributed by atoms with Crippen molar-refractivity contribution < 1.29 is 24.5 Å². The van der Waals surface area contributed by atoms with E-state index in [0.717, 1.165) is 83.6 Å². The number of fused-ring (bicyclic) bond motifs is 7. The fourth-order valence-electron chi connectivity index (χ4n) is 12.7. The molecule has 1 amide bonds. The normalized spacial score (nSPS) is 41.1. The number of aliphatic hydroxyl groups excluding tert-OH is 2. The lowest BCUT2D eigenvalue weighted by molar-refractivity contribution is -0.231. The fourth-order valence-corrected chi connectivity index (χ4v) is 12.7. The van der Waals surface area contributed by atoms with Gasteiger partial charge in [0.2, 0.25) is 5.91 Å². The molecule has 0 spiro atoms. The Morgan fingerprint density at radius 2 is 1.44 bits per heavy atom. The van der Waals surface area contributed by atoms with Gasteiger partial charge in [-0.15, -0.1) is 0 Å². The topological polar surface area (TPSA) is 95.9 Å². The Bertz CT molecular complexity index is 1210. The van der Waals surface area contributed by atoms with Crippen molar-refractivity contribution in [3.63, 3.8) is 0 Å². The molecule has 0 aliphatic heterocycles. The number of esters is 1. The first-order chi connectivity index (χ1) is 22.5. The molecule has 6 nitrogen and oxygen atoms in total. The van der Waals surface area contributed by atoms with Gasteiger partial charge in [-0.2, -0.15) is 0 Å². The van der Waals surface area contributed by atoms with E-state index in [0.29, 0.717) is 30.6 Å². The number of rotatable bonds is 12.